The molecule has 63 heavy (non-hydrogen) atoms. The third-order valence-corrected chi connectivity index (χ3v) is 11.6. The SMILES string of the molecule is C[n+]1ccc(-c2c3nc(c(-c4cc[n+](C)cc4)c4ccc([nH]4)c(-c4cc[n+](C)cc4)c4nc(c(-c5ccc(-c6c[nH]c7ccccc67)cc5)c5ccc2[nH]5)C=C4)C=C3)cc1.[Cl-].[Cl-].[Cl-]. The van der Waals surface area contributed by atoms with E-state index < -0.39 is 0 Å². The van der Waals surface area contributed by atoms with E-state index in [0.29, 0.717) is 0 Å². The Morgan fingerprint density at radius 3 is 1.08 bits per heavy atom. The number of benzene rings is 2. The van der Waals surface area contributed by atoms with Crippen LogP contribution >= 0.6 is 0 Å². The van der Waals surface area contributed by atoms with E-state index in [2.05, 4.69) is 206 Å². The lowest BCUT2D eigenvalue weighted by Gasteiger charge is -2.07. The van der Waals surface area contributed by atoms with E-state index >= 15 is 0 Å². The van der Waals surface area contributed by atoms with Crippen molar-refractivity contribution in [2.45, 2.75) is 0 Å². The van der Waals surface area contributed by atoms with Crippen LogP contribution in [0, 0.1) is 0 Å². The summed E-state index contributed by atoms with van der Waals surface area (Å²) in [5.41, 5.74) is 19.2. The zero-order valence-electron chi connectivity index (χ0n) is 34.6. The fourth-order valence-corrected chi connectivity index (χ4v) is 8.55. The van der Waals surface area contributed by atoms with Gasteiger partial charge in [0.1, 0.15) is 21.1 Å². The van der Waals surface area contributed by atoms with Crippen molar-refractivity contribution in [1.29, 1.82) is 0 Å². The molecule has 0 radical (unpaired) electrons. The average molecular weight is 884 g/mol. The number of para-hydroxylation sites is 1. The highest BCUT2D eigenvalue weighted by atomic mass is 35.5. The maximum absolute atomic E-state index is 5.49. The van der Waals surface area contributed by atoms with Crippen LogP contribution in [0.25, 0.3) is 113 Å². The van der Waals surface area contributed by atoms with Crippen molar-refractivity contribution in [2.24, 2.45) is 21.1 Å². The number of hydrogen-bond donors (Lipinski definition) is 3. The molecule has 2 aliphatic heterocycles. The molecular formula is C52H41Cl3N8. The molecule has 0 saturated carbocycles. The molecule has 7 aromatic heterocycles. The summed E-state index contributed by atoms with van der Waals surface area (Å²) < 4.78 is 6.16. The number of aromatic amines is 3. The molecular weight excluding hydrogens is 843 g/mol. The van der Waals surface area contributed by atoms with E-state index in [1.165, 1.54) is 10.9 Å². The van der Waals surface area contributed by atoms with Crippen LogP contribution in [0.2, 0.25) is 0 Å². The van der Waals surface area contributed by atoms with Gasteiger partial charge in [-0.25, -0.2) is 23.7 Å². The Morgan fingerprint density at radius 2 is 0.698 bits per heavy atom. The van der Waals surface area contributed by atoms with E-state index in [1.807, 2.05) is 21.1 Å². The zero-order chi connectivity index (χ0) is 40.3. The lowest BCUT2D eigenvalue weighted by Crippen LogP contribution is -3.00. The van der Waals surface area contributed by atoms with Crippen molar-refractivity contribution >= 4 is 57.3 Å². The number of aryl methyl sites for hydroxylation is 3. The highest BCUT2D eigenvalue weighted by molar-refractivity contribution is 6.00. The van der Waals surface area contributed by atoms with Gasteiger partial charge < -0.3 is 52.2 Å². The van der Waals surface area contributed by atoms with Gasteiger partial charge in [-0.2, -0.15) is 0 Å². The van der Waals surface area contributed by atoms with Crippen molar-refractivity contribution in [3.05, 3.63) is 175 Å². The van der Waals surface area contributed by atoms with Crippen molar-refractivity contribution in [2.75, 3.05) is 0 Å². The maximum atomic E-state index is 5.49. The molecule has 310 valence electrons. The fourth-order valence-electron chi connectivity index (χ4n) is 8.55. The summed E-state index contributed by atoms with van der Waals surface area (Å²) in [6.45, 7) is 0. The smallest absolute Gasteiger partial charge is 0.169 e. The number of hydrogen-bond acceptors (Lipinski definition) is 2. The van der Waals surface area contributed by atoms with Crippen LogP contribution in [0.1, 0.15) is 22.8 Å². The highest BCUT2D eigenvalue weighted by Gasteiger charge is 2.20. The molecule has 0 fully saturated rings. The number of halogens is 3. The number of nitrogens with one attached hydrogen (secondary N) is 3. The van der Waals surface area contributed by atoms with E-state index in [9.17, 15) is 0 Å². The summed E-state index contributed by atoms with van der Waals surface area (Å²) in [4.78, 5) is 22.1. The Kier molecular flexibility index (Phi) is 11.7. The molecule has 0 unspecified atom stereocenters. The maximum Gasteiger partial charge on any atom is 0.169 e. The van der Waals surface area contributed by atoms with Gasteiger partial charge in [-0.3, -0.25) is 0 Å². The second-order valence-corrected chi connectivity index (χ2v) is 15.6. The molecule has 0 spiro atoms. The Balaban J connectivity index is 0.00000181. The summed E-state index contributed by atoms with van der Waals surface area (Å²) in [6.07, 6.45) is 23.2. The van der Waals surface area contributed by atoms with Crippen LogP contribution in [-0.2, 0) is 21.1 Å². The predicted octanol–water partition coefficient (Wildman–Crippen LogP) is 0.957. The molecule has 9 heterocycles. The molecule has 8 bridgehead atoms. The van der Waals surface area contributed by atoms with Crippen molar-refractivity contribution in [3.63, 3.8) is 0 Å². The number of fused-ring (bicyclic) bond motifs is 9. The summed E-state index contributed by atoms with van der Waals surface area (Å²) in [5, 5.41) is 1.20. The Morgan fingerprint density at radius 1 is 0.365 bits per heavy atom. The van der Waals surface area contributed by atoms with Gasteiger partial charge in [0, 0.05) is 103 Å². The first-order chi connectivity index (χ1) is 29.4. The fraction of sp³-hybridized carbons (Fsp3) is 0.0577. The zero-order valence-corrected chi connectivity index (χ0v) is 36.9. The van der Waals surface area contributed by atoms with Gasteiger partial charge in [-0.05, 0) is 82.5 Å². The topological polar surface area (TPSA) is 84.8 Å². The van der Waals surface area contributed by atoms with E-state index in [0.717, 1.165) is 100 Å². The summed E-state index contributed by atoms with van der Waals surface area (Å²) in [6, 6.07) is 38.9. The number of H-pyrrole nitrogens is 3. The molecule has 9 aromatic rings. The third-order valence-electron chi connectivity index (χ3n) is 11.6. The minimum Gasteiger partial charge on any atom is -1.00 e. The van der Waals surface area contributed by atoms with Crippen LogP contribution in [0.15, 0.2) is 153 Å². The van der Waals surface area contributed by atoms with Crippen molar-refractivity contribution in [1.82, 2.24) is 24.9 Å². The molecule has 11 rings (SSSR count). The van der Waals surface area contributed by atoms with Gasteiger partial charge in [0.15, 0.2) is 37.2 Å². The number of pyridine rings is 3. The number of nitrogens with zero attached hydrogens (tertiary/aromatic N) is 5. The van der Waals surface area contributed by atoms with E-state index in [-0.39, 0.29) is 37.2 Å². The van der Waals surface area contributed by atoms with Crippen LogP contribution in [-0.4, -0.2) is 24.9 Å². The molecule has 0 saturated heterocycles. The Labute approximate surface area is 383 Å². The monoisotopic (exact) mass is 882 g/mol. The molecule has 0 atom stereocenters. The van der Waals surface area contributed by atoms with E-state index in [1.54, 1.807) is 0 Å². The minimum atomic E-state index is 0. The summed E-state index contributed by atoms with van der Waals surface area (Å²) in [5.74, 6) is 0. The Bertz CT molecular complexity index is 3340. The van der Waals surface area contributed by atoms with Crippen molar-refractivity contribution in [3.8, 4) is 55.6 Å². The standard InChI is InChI=1S/C52H40N8.3ClH/c1-58-26-20-35(21-27-58)50-43-14-12-41(54-43)49(34-10-8-33(9-11-34)39-32-53-40-7-5-4-6-38(39)40)42-13-15-44(55-42)51(36-22-28-59(2)29-23-36)46-17-19-48(57-46)52(47-18-16-45(50)56-47)37-24-30-60(3)31-25-37;;;/h4-32H,1-3H3,(H2,53,54,55,56,57);3*1H/q+2;;;/p-2. The molecule has 0 aliphatic carbocycles. The first-order valence-electron chi connectivity index (χ1n) is 20.1. The average Bonchev–Trinajstić information content (AvgIpc) is 4.14. The van der Waals surface area contributed by atoms with Gasteiger partial charge in [0.2, 0.25) is 0 Å². The lowest BCUT2D eigenvalue weighted by atomic mass is 9.99. The largest absolute Gasteiger partial charge is 1.00 e. The molecule has 2 aromatic carbocycles. The first-order valence-corrected chi connectivity index (χ1v) is 20.1. The first kappa shape index (κ1) is 42.6. The van der Waals surface area contributed by atoms with E-state index in [4.69, 9.17) is 9.97 Å². The number of aromatic nitrogens is 8. The van der Waals surface area contributed by atoms with Crippen LogP contribution in [0.5, 0.6) is 0 Å². The molecule has 3 N–H and O–H groups in total. The van der Waals surface area contributed by atoms with Gasteiger partial charge >= 0.3 is 0 Å². The van der Waals surface area contributed by atoms with Crippen LogP contribution < -0.4 is 50.9 Å². The predicted molar refractivity (Wildman–Crippen MR) is 241 cm³/mol. The second kappa shape index (κ2) is 17.3. The van der Waals surface area contributed by atoms with Crippen molar-refractivity contribution < 1.29 is 50.9 Å². The van der Waals surface area contributed by atoms with Crippen LogP contribution in [0.3, 0.4) is 0 Å². The molecule has 11 heteroatoms. The second-order valence-electron chi connectivity index (χ2n) is 15.6. The van der Waals surface area contributed by atoms with Gasteiger partial charge in [0.05, 0.1) is 22.8 Å². The normalized spacial score (nSPS) is 11.5. The van der Waals surface area contributed by atoms with Gasteiger partial charge in [-0.15, -0.1) is 0 Å². The summed E-state index contributed by atoms with van der Waals surface area (Å²) in [7, 11) is 6.12. The molecule has 2 aliphatic rings. The lowest BCUT2D eigenvalue weighted by molar-refractivity contribution is -0.671. The number of rotatable bonds is 5. The summed E-state index contributed by atoms with van der Waals surface area (Å²) >= 11 is 0. The van der Waals surface area contributed by atoms with Gasteiger partial charge in [0.25, 0.3) is 0 Å². The molecule has 0 amide bonds. The Hall–Kier alpha value is -7.10. The minimum absolute atomic E-state index is 0. The highest BCUT2D eigenvalue weighted by Crippen LogP contribution is 2.39. The quantitative estimate of drug-likeness (QED) is 0.226. The van der Waals surface area contributed by atoms with Gasteiger partial charge in [-0.1, -0.05) is 42.5 Å². The molecule has 8 nitrogen and oxygen atoms in total. The van der Waals surface area contributed by atoms with Crippen LogP contribution in [0.4, 0.5) is 0 Å². The third kappa shape index (κ3) is 7.74.